The van der Waals surface area contributed by atoms with Crippen LogP contribution in [-0.4, -0.2) is 14.8 Å². The van der Waals surface area contributed by atoms with E-state index < -0.39 is 14.8 Å². The molecule has 0 nitrogen and oxygen atoms in total. The molecule has 38 heavy (non-hydrogen) atoms. The lowest BCUT2D eigenvalue weighted by molar-refractivity contribution is 0.493. The summed E-state index contributed by atoms with van der Waals surface area (Å²) in [5.41, 5.74) is 9.38. The van der Waals surface area contributed by atoms with Gasteiger partial charge in [0.1, 0.15) is 0 Å². The van der Waals surface area contributed by atoms with Gasteiger partial charge in [0.25, 0.3) is 0 Å². The van der Waals surface area contributed by atoms with Crippen molar-refractivity contribution in [1.82, 2.24) is 0 Å². The molecule has 222 valence electrons. The first-order valence-electron chi connectivity index (χ1n) is 17.5. The normalized spacial score (nSPS) is 20.4. The van der Waals surface area contributed by atoms with Crippen LogP contribution in [-0.2, 0) is 0 Å². The summed E-state index contributed by atoms with van der Waals surface area (Å²) >= 11 is 15.4. The first-order chi connectivity index (χ1) is 18.5. The number of hydrogen-bond donors (Lipinski definition) is 0. The summed E-state index contributed by atoms with van der Waals surface area (Å²) in [6, 6.07) is 2.43. The highest BCUT2D eigenvalue weighted by Gasteiger charge is 2.42. The third-order valence-electron chi connectivity index (χ3n) is 9.77. The number of unbranched alkanes of at least 4 members (excludes halogenated alkanes) is 14. The number of hydrogen-bond acceptors (Lipinski definition) is 0. The summed E-state index contributed by atoms with van der Waals surface area (Å²) < 4.78 is 0. The zero-order valence-corrected chi connectivity index (χ0v) is 29.2. The van der Waals surface area contributed by atoms with Crippen LogP contribution in [0.2, 0.25) is 23.2 Å². The van der Waals surface area contributed by atoms with Crippen molar-refractivity contribution < 1.29 is 0 Å². The second kappa shape index (κ2) is 21.3. The Morgan fingerprint density at radius 3 is 1.05 bits per heavy atom. The molecule has 0 heterocycles. The molecule has 0 amide bonds. The van der Waals surface area contributed by atoms with E-state index in [1.54, 1.807) is 0 Å². The van der Waals surface area contributed by atoms with Crippen molar-refractivity contribution in [3.05, 3.63) is 0 Å². The van der Waals surface area contributed by atoms with Gasteiger partial charge in [0.05, 0.1) is 0 Å². The first kappa shape index (κ1) is 34.8. The second-order valence-corrected chi connectivity index (χ2v) is 23.7. The maximum atomic E-state index is 7.72. The van der Waals surface area contributed by atoms with Crippen LogP contribution < -0.4 is 0 Å². The first-order valence-corrected chi connectivity index (χ1v) is 24.1. The van der Waals surface area contributed by atoms with E-state index in [0.717, 1.165) is 0 Å². The Morgan fingerprint density at radius 2 is 0.737 bits per heavy atom. The highest BCUT2D eigenvalue weighted by atomic mass is 35.6. The molecule has 0 bridgehead atoms. The Labute approximate surface area is 251 Å². The monoisotopic (exact) mass is 598 g/mol. The van der Waals surface area contributed by atoms with Crippen LogP contribution in [0.5, 0.6) is 0 Å². The lowest BCUT2D eigenvalue weighted by atomic mass is 10.0. The Hall–Kier alpha value is 0.574. The van der Waals surface area contributed by atoms with E-state index in [1.807, 2.05) is 0 Å². The summed E-state index contributed by atoms with van der Waals surface area (Å²) in [5, 5.41) is 0. The van der Waals surface area contributed by atoms with E-state index in [2.05, 4.69) is 24.9 Å². The average molecular weight is 600 g/mol. The van der Waals surface area contributed by atoms with Crippen molar-refractivity contribution in [2.24, 2.45) is 0 Å². The number of halogens is 2. The zero-order valence-electron chi connectivity index (χ0n) is 25.7. The fraction of sp³-hybridized carbons (Fsp3) is 0.941. The van der Waals surface area contributed by atoms with Gasteiger partial charge in [0.2, 0.25) is 14.8 Å². The van der Waals surface area contributed by atoms with Crippen LogP contribution in [0.4, 0.5) is 0 Å². The molecular weight excluding hydrogens is 535 g/mol. The quantitative estimate of drug-likeness (QED) is 0.0565. The third-order valence-corrected chi connectivity index (χ3v) is 20.6. The Balaban J connectivity index is 1.99. The summed E-state index contributed by atoms with van der Waals surface area (Å²) in [6.07, 6.45) is 35.7. The van der Waals surface area contributed by atoms with Gasteiger partial charge in [-0.2, -0.15) is 0 Å². The summed E-state index contributed by atoms with van der Waals surface area (Å²) in [5.74, 6) is 0. The van der Waals surface area contributed by atoms with Gasteiger partial charge in [-0.25, -0.2) is 0 Å². The second-order valence-electron chi connectivity index (χ2n) is 13.1. The summed E-state index contributed by atoms with van der Waals surface area (Å²) in [4.78, 5) is 0. The minimum Gasteiger partial charge on any atom is -0.150 e. The highest BCUT2D eigenvalue weighted by Crippen LogP contribution is 2.44. The molecule has 0 saturated heterocycles. The predicted octanol–water partition coefficient (Wildman–Crippen LogP) is 13.4. The minimum atomic E-state index is -2.11. The predicted molar refractivity (Wildman–Crippen MR) is 179 cm³/mol. The minimum absolute atomic E-state index is 0.708. The lowest BCUT2D eigenvalue weighted by Gasteiger charge is -2.34. The van der Waals surface area contributed by atoms with Crippen LogP contribution in [0.1, 0.15) is 181 Å². The van der Waals surface area contributed by atoms with Crippen molar-refractivity contribution >= 4 is 36.9 Å². The van der Waals surface area contributed by atoms with Crippen LogP contribution >= 0.6 is 22.2 Å². The molecule has 2 rings (SSSR count). The van der Waals surface area contributed by atoms with Crippen LogP contribution in [0.25, 0.3) is 0 Å². The van der Waals surface area contributed by atoms with Crippen LogP contribution in [0, 0.1) is 11.1 Å². The maximum absolute atomic E-state index is 7.72. The van der Waals surface area contributed by atoms with E-state index in [4.69, 9.17) is 22.2 Å². The smallest absolute Gasteiger partial charge is 0.150 e. The molecule has 0 aromatic carbocycles. The van der Waals surface area contributed by atoms with E-state index in [0.29, 0.717) is 11.1 Å². The SMILES string of the molecule is CCCCCCCCCC[Si](Cl)(C#C[Si](Cl)(CCCCCCCCCC)C1CCCCC1)C1CCCCC1. The topological polar surface area (TPSA) is 0 Å². The van der Waals surface area contributed by atoms with Crippen molar-refractivity contribution in [3.8, 4) is 11.1 Å². The molecule has 0 aliphatic heterocycles. The van der Waals surface area contributed by atoms with E-state index in [9.17, 15) is 0 Å². The van der Waals surface area contributed by atoms with Gasteiger partial charge in [-0.05, 0) is 23.2 Å². The van der Waals surface area contributed by atoms with Gasteiger partial charge in [-0.15, -0.1) is 33.2 Å². The van der Waals surface area contributed by atoms with Gasteiger partial charge >= 0.3 is 0 Å². The molecule has 0 N–H and O–H groups in total. The molecule has 0 aromatic heterocycles. The Kier molecular flexibility index (Phi) is 19.5. The fourth-order valence-corrected chi connectivity index (χ4v) is 17.4. The third kappa shape index (κ3) is 14.0. The van der Waals surface area contributed by atoms with Crippen LogP contribution in [0.3, 0.4) is 0 Å². The molecule has 0 spiro atoms. The molecule has 2 aliphatic rings. The van der Waals surface area contributed by atoms with E-state index in [1.165, 1.54) is 179 Å². The molecule has 2 fully saturated rings. The van der Waals surface area contributed by atoms with Crippen molar-refractivity contribution in [2.45, 2.75) is 204 Å². The van der Waals surface area contributed by atoms with E-state index in [-0.39, 0.29) is 0 Å². The summed E-state index contributed by atoms with van der Waals surface area (Å²) in [6.45, 7) is 4.61. The van der Waals surface area contributed by atoms with Gasteiger partial charge in [-0.1, -0.05) is 181 Å². The van der Waals surface area contributed by atoms with Gasteiger partial charge < -0.3 is 0 Å². The standard InChI is InChI=1S/C34H64Cl2Si2/c1-3-5-7-9-11-13-15-23-29-37(35,33-25-19-17-20-26-33)31-32-38(36,34-27-21-18-22-28-34)30-24-16-14-12-10-8-6-4-2/h33-34H,3-30H2,1-2H3. The molecule has 0 aromatic rings. The lowest BCUT2D eigenvalue weighted by Crippen LogP contribution is -2.38. The molecule has 2 atom stereocenters. The molecule has 0 radical (unpaired) electrons. The zero-order chi connectivity index (χ0) is 27.4. The average Bonchev–Trinajstić information content (AvgIpc) is 2.96. The maximum Gasteiger partial charge on any atom is 0.236 e. The fourth-order valence-electron chi connectivity index (χ4n) is 7.10. The van der Waals surface area contributed by atoms with Crippen molar-refractivity contribution in [2.75, 3.05) is 0 Å². The van der Waals surface area contributed by atoms with Crippen LogP contribution in [0.15, 0.2) is 0 Å². The number of rotatable bonds is 20. The Bertz CT molecular complexity index is 580. The van der Waals surface area contributed by atoms with E-state index >= 15 is 0 Å². The van der Waals surface area contributed by atoms with Gasteiger partial charge in [-0.3, -0.25) is 0 Å². The van der Waals surface area contributed by atoms with Crippen molar-refractivity contribution in [1.29, 1.82) is 0 Å². The van der Waals surface area contributed by atoms with Gasteiger partial charge in [0, 0.05) is 0 Å². The Morgan fingerprint density at radius 1 is 0.447 bits per heavy atom. The molecule has 4 heteroatoms. The highest BCUT2D eigenvalue weighted by molar-refractivity contribution is 7.29. The van der Waals surface area contributed by atoms with Gasteiger partial charge in [0.15, 0.2) is 0 Å². The molecule has 2 aliphatic carbocycles. The molecular formula is C34H64Cl2Si2. The summed E-state index contributed by atoms with van der Waals surface area (Å²) in [7, 11) is -4.23. The molecule has 2 saturated carbocycles. The largest absolute Gasteiger partial charge is 0.236 e. The van der Waals surface area contributed by atoms with Crippen molar-refractivity contribution in [3.63, 3.8) is 0 Å². The molecule has 2 unspecified atom stereocenters.